The fourth-order valence-corrected chi connectivity index (χ4v) is 7.86. The highest BCUT2D eigenvalue weighted by Gasteiger charge is 2.28. The van der Waals surface area contributed by atoms with Gasteiger partial charge in [0.2, 0.25) is 0 Å². The SMILES string of the molecule is c1ccc(-c2ccc(N(c3ccccc3)c3cccc4c3Oc3cc(-c5cccc(-c6ccccc6)c5)ccc3-c3c-4ccc4ccccc34)cc2)cc1. The van der Waals surface area contributed by atoms with Gasteiger partial charge < -0.3 is 9.64 Å². The maximum atomic E-state index is 7.32. The lowest BCUT2D eigenvalue weighted by atomic mass is 9.88. The summed E-state index contributed by atoms with van der Waals surface area (Å²) in [5.74, 6) is 1.65. The van der Waals surface area contributed by atoms with Crippen molar-refractivity contribution in [3.8, 4) is 67.1 Å². The normalized spacial score (nSPS) is 11.5. The number of nitrogens with zero attached hydrogens (tertiary/aromatic N) is 1. The molecule has 254 valence electrons. The van der Waals surface area contributed by atoms with Gasteiger partial charge in [-0.25, -0.2) is 0 Å². The summed E-state index contributed by atoms with van der Waals surface area (Å²) >= 11 is 0. The number of hydrogen-bond donors (Lipinski definition) is 0. The van der Waals surface area contributed by atoms with Crippen LogP contribution in [0, 0.1) is 0 Å². The van der Waals surface area contributed by atoms with Gasteiger partial charge in [-0.3, -0.25) is 0 Å². The molecule has 1 aliphatic heterocycles. The molecule has 9 aromatic carbocycles. The van der Waals surface area contributed by atoms with Gasteiger partial charge in [0.05, 0.1) is 5.69 Å². The summed E-state index contributed by atoms with van der Waals surface area (Å²) in [6.07, 6.45) is 0. The van der Waals surface area contributed by atoms with Gasteiger partial charge in [0.15, 0.2) is 5.75 Å². The van der Waals surface area contributed by atoms with Gasteiger partial charge in [-0.15, -0.1) is 0 Å². The smallest absolute Gasteiger partial charge is 0.159 e. The Balaban J connectivity index is 1.18. The van der Waals surface area contributed by atoms with Crippen LogP contribution in [0.25, 0.3) is 66.4 Å². The molecule has 0 amide bonds. The number of anilines is 3. The van der Waals surface area contributed by atoms with Crippen molar-refractivity contribution in [3.05, 3.63) is 212 Å². The first-order valence-electron chi connectivity index (χ1n) is 18.4. The predicted molar refractivity (Wildman–Crippen MR) is 226 cm³/mol. The molecular formula is C52H35NO. The molecule has 0 spiro atoms. The van der Waals surface area contributed by atoms with Crippen LogP contribution in [-0.2, 0) is 0 Å². The third kappa shape index (κ3) is 5.62. The van der Waals surface area contributed by atoms with E-state index in [9.17, 15) is 0 Å². The van der Waals surface area contributed by atoms with Gasteiger partial charge in [0.1, 0.15) is 5.75 Å². The van der Waals surface area contributed by atoms with Gasteiger partial charge in [0, 0.05) is 28.1 Å². The largest absolute Gasteiger partial charge is 0.454 e. The average Bonchev–Trinajstić information content (AvgIpc) is 3.40. The molecule has 0 N–H and O–H groups in total. The van der Waals surface area contributed by atoms with Crippen molar-refractivity contribution >= 4 is 27.8 Å². The molecule has 0 unspecified atom stereocenters. The topological polar surface area (TPSA) is 12.5 Å². The molecule has 1 aliphatic rings. The van der Waals surface area contributed by atoms with E-state index in [-0.39, 0.29) is 0 Å². The van der Waals surface area contributed by atoms with Crippen molar-refractivity contribution in [2.24, 2.45) is 0 Å². The summed E-state index contributed by atoms with van der Waals surface area (Å²) in [4.78, 5) is 2.31. The number of hydrogen-bond acceptors (Lipinski definition) is 2. The van der Waals surface area contributed by atoms with Crippen molar-refractivity contribution in [1.82, 2.24) is 0 Å². The minimum atomic E-state index is 0.818. The van der Waals surface area contributed by atoms with Crippen LogP contribution in [0.5, 0.6) is 11.5 Å². The highest BCUT2D eigenvalue weighted by molar-refractivity contribution is 6.08. The fraction of sp³-hybridized carbons (Fsp3) is 0. The lowest BCUT2D eigenvalue weighted by Crippen LogP contribution is -2.11. The van der Waals surface area contributed by atoms with E-state index in [2.05, 4.69) is 217 Å². The van der Waals surface area contributed by atoms with Gasteiger partial charge in [-0.2, -0.15) is 0 Å². The van der Waals surface area contributed by atoms with Crippen LogP contribution in [0.2, 0.25) is 0 Å². The van der Waals surface area contributed by atoms with Gasteiger partial charge in [-0.1, -0.05) is 164 Å². The maximum Gasteiger partial charge on any atom is 0.159 e. The lowest BCUT2D eigenvalue weighted by molar-refractivity contribution is 0.489. The fourth-order valence-electron chi connectivity index (χ4n) is 7.86. The lowest BCUT2D eigenvalue weighted by Gasteiger charge is -2.28. The van der Waals surface area contributed by atoms with Crippen LogP contribution in [0.1, 0.15) is 0 Å². The number of fused-ring (bicyclic) bond motifs is 7. The highest BCUT2D eigenvalue weighted by atomic mass is 16.5. The molecule has 0 atom stereocenters. The Morgan fingerprint density at radius 1 is 0.333 bits per heavy atom. The summed E-state index contributed by atoms with van der Waals surface area (Å²) in [5.41, 5.74) is 14.5. The van der Waals surface area contributed by atoms with E-state index in [0.717, 1.165) is 56.4 Å². The zero-order chi connectivity index (χ0) is 35.8. The zero-order valence-corrected chi connectivity index (χ0v) is 29.6. The molecule has 9 aromatic rings. The summed E-state index contributed by atoms with van der Waals surface area (Å²) in [7, 11) is 0. The van der Waals surface area contributed by atoms with Gasteiger partial charge >= 0.3 is 0 Å². The van der Waals surface area contributed by atoms with Crippen molar-refractivity contribution < 1.29 is 4.74 Å². The van der Waals surface area contributed by atoms with Crippen LogP contribution in [0.15, 0.2) is 212 Å². The molecule has 1 heterocycles. The van der Waals surface area contributed by atoms with Crippen molar-refractivity contribution in [3.63, 3.8) is 0 Å². The summed E-state index contributed by atoms with van der Waals surface area (Å²) in [6.45, 7) is 0. The number of ether oxygens (including phenoxy) is 1. The number of rotatable bonds is 6. The Hall–Kier alpha value is -7.16. The first-order chi connectivity index (χ1) is 26.8. The van der Waals surface area contributed by atoms with Crippen molar-refractivity contribution in [1.29, 1.82) is 0 Å². The molecule has 2 heteroatoms. The van der Waals surface area contributed by atoms with E-state index in [1.54, 1.807) is 0 Å². The van der Waals surface area contributed by atoms with E-state index < -0.39 is 0 Å². The molecule has 0 bridgehead atoms. The third-order valence-electron chi connectivity index (χ3n) is 10.5. The highest BCUT2D eigenvalue weighted by Crippen LogP contribution is 2.54. The van der Waals surface area contributed by atoms with E-state index >= 15 is 0 Å². The molecule has 0 aromatic heterocycles. The second kappa shape index (κ2) is 13.4. The van der Waals surface area contributed by atoms with Crippen LogP contribution in [0.3, 0.4) is 0 Å². The number of benzene rings is 9. The molecular weight excluding hydrogens is 655 g/mol. The van der Waals surface area contributed by atoms with E-state index in [1.165, 1.54) is 38.6 Å². The summed E-state index contributed by atoms with van der Waals surface area (Å²) < 4.78 is 7.32. The van der Waals surface area contributed by atoms with Crippen LogP contribution >= 0.6 is 0 Å². The zero-order valence-electron chi connectivity index (χ0n) is 29.6. The minimum Gasteiger partial charge on any atom is -0.454 e. The first-order valence-corrected chi connectivity index (χ1v) is 18.4. The van der Waals surface area contributed by atoms with Gasteiger partial charge in [-0.05, 0) is 98.2 Å². The van der Waals surface area contributed by atoms with E-state index in [4.69, 9.17) is 4.74 Å². The summed E-state index contributed by atoms with van der Waals surface area (Å²) in [6, 6.07) is 75.6. The van der Waals surface area contributed by atoms with Crippen molar-refractivity contribution in [2.45, 2.75) is 0 Å². The monoisotopic (exact) mass is 689 g/mol. The third-order valence-corrected chi connectivity index (χ3v) is 10.5. The Morgan fingerprint density at radius 2 is 0.870 bits per heavy atom. The second-order valence-corrected chi connectivity index (χ2v) is 13.7. The van der Waals surface area contributed by atoms with Crippen LogP contribution in [-0.4, -0.2) is 0 Å². The maximum absolute atomic E-state index is 7.32. The molecule has 0 fully saturated rings. The predicted octanol–water partition coefficient (Wildman–Crippen LogP) is 14.8. The molecule has 10 rings (SSSR count). The molecule has 0 aliphatic carbocycles. The molecule has 2 nitrogen and oxygen atoms in total. The molecule has 0 saturated carbocycles. The van der Waals surface area contributed by atoms with Crippen molar-refractivity contribution in [2.75, 3.05) is 4.90 Å². The minimum absolute atomic E-state index is 0.818. The van der Waals surface area contributed by atoms with Crippen LogP contribution < -0.4 is 9.64 Å². The Labute approximate surface area is 315 Å². The molecule has 0 radical (unpaired) electrons. The summed E-state index contributed by atoms with van der Waals surface area (Å²) in [5, 5.41) is 2.40. The second-order valence-electron chi connectivity index (χ2n) is 13.7. The molecule has 54 heavy (non-hydrogen) atoms. The van der Waals surface area contributed by atoms with Gasteiger partial charge in [0.25, 0.3) is 0 Å². The van der Waals surface area contributed by atoms with E-state index in [1.807, 2.05) is 0 Å². The Bertz CT molecular complexity index is 2770. The molecule has 0 saturated heterocycles. The standard InChI is InChI=1S/C52H35NO/c1-4-14-36(15-5-1)38-26-30-44(31-27-38)53(43-21-8-3-9-22-43)49-25-13-24-47-46-32-28-39-18-10-11-23-45(39)51(46)48-33-29-42(35-50(48)54-52(47)49)41-20-12-19-40(34-41)37-16-6-2-7-17-37/h1-35H. The van der Waals surface area contributed by atoms with E-state index in [0.29, 0.717) is 0 Å². The Kier molecular flexibility index (Phi) is 7.85. The average molecular weight is 690 g/mol. The first kappa shape index (κ1) is 31.6. The quantitative estimate of drug-likeness (QED) is 0.172. The Morgan fingerprint density at radius 3 is 1.63 bits per heavy atom. The van der Waals surface area contributed by atoms with Crippen LogP contribution in [0.4, 0.5) is 17.1 Å². The number of para-hydroxylation sites is 2.